The minimum atomic E-state index is -0.459. The highest BCUT2D eigenvalue weighted by atomic mass is 16.5. The molecule has 2 aromatic carbocycles. The number of para-hydroxylation sites is 1. The fraction of sp³-hybridized carbons (Fsp3) is 0.364. The Balaban J connectivity index is 1.87. The lowest BCUT2D eigenvalue weighted by atomic mass is 10.1. The highest BCUT2D eigenvalue weighted by Gasteiger charge is 2.13. The summed E-state index contributed by atoms with van der Waals surface area (Å²) in [5.41, 5.74) is 1.37. The van der Waals surface area contributed by atoms with Gasteiger partial charge in [-0.05, 0) is 44.0 Å². The maximum absolute atomic E-state index is 12.2. The van der Waals surface area contributed by atoms with Crippen LogP contribution in [0.15, 0.2) is 42.5 Å². The summed E-state index contributed by atoms with van der Waals surface area (Å²) in [6.45, 7) is 4.31. The number of nitrogens with one attached hydrogen (secondary N) is 1. The van der Waals surface area contributed by atoms with Crippen molar-refractivity contribution in [2.24, 2.45) is 0 Å². The van der Waals surface area contributed by atoms with E-state index in [2.05, 4.69) is 5.32 Å². The molecule has 0 radical (unpaired) electrons. The monoisotopic (exact) mass is 401 g/mol. The third kappa shape index (κ3) is 7.03. The number of rotatable bonds is 11. The van der Waals surface area contributed by atoms with Crippen molar-refractivity contribution in [1.29, 1.82) is 0 Å². The lowest BCUT2D eigenvalue weighted by Crippen LogP contribution is -2.21. The molecule has 0 bridgehead atoms. The Morgan fingerprint density at radius 2 is 1.72 bits per heavy atom. The van der Waals surface area contributed by atoms with Gasteiger partial charge in [0.15, 0.2) is 6.61 Å². The molecule has 7 heteroatoms. The van der Waals surface area contributed by atoms with Crippen molar-refractivity contribution in [3.63, 3.8) is 0 Å². The molecule has 1 amide bonds. The average molecular weight is 401 g/mol. The van der Waals surface area contributed by atoms with Gasteiger partial charge in [-0.3, -0.25) is 9.59 Å². The molecule has 0 atom stereocenters. The van der Waals surface area contributed by atoms with E-state index in [0.29, 0.717) is 36.8 Å². The van der Waals surface area contributed by atoms with Crippen LogP contribution < -0.4 is 19.5 Å². The van der Waals surface area contributed by atoms with Crippen molar-refractivity contribution < 1.29 is 28.5 Å². The van der Waals surface area contributed by atoms with Crippen molar-refractivity contribution in [2.75, 3.05) is 32.2 Å². The number of aryl methyl sites for hydroxylation is 1. The minimum absolute atomic E-state index is 0.150. The number of methoxy groups -OCH3 is 1. The van der Waals surface area contributed by atoms with Gasteiger partial charge in [0.05, 0.1) is 26.0 Å². The highest BCUT2D eigenvalue weighted by molar-refractivity contribution is 5.94. The Labute approximate surface area is 170 Å². The number of carbonyl (C=O) groups is 2. The van der Waals surface area contributed by atoms with Crippen LogP contribution in [0.3, 0.4) is 0 Å². The molecule has 0 spiro atoms. The van der Waals surface area contributed by atoms with E-state index in [-0.39, 0.29) is 13.0 Å². The van der Waals surface area contributed by atoms with Crippen LogP contribution in [0.1, 0.15) is 25.8 Å². The summed E-state index contributed by atoms with van der Waals surface area (Å²) in [5, 5.41) is 2.70. The first-order valence-electron chi connectivity index (χ1n) is 9.54. The van der Waals surface area contributed by atoms with E-state index in [1.54, 1.807) is 25.3 Å². The summed E-state index contributed by atoms with van der Waals surface area (Å²) in [6.07, 6.45) is 0.618. The van der Waals surface area contributed by atoms with Crippen molar-refractivity contribution in [3.05, 3.63) is 48.0 Å². The number of hydrogen-bond acceptors (Lipinski definition) is 6. The molecule has 0 aliphatic rings. The van der Waals surface area contributed by atoms with Gasteiger partial charge < -0.3 is 24.3 Å². The number of esters is 1. The third-order valence-electron chi connectivity index (χ3n) is 3.99. The molecule has 0 aliphatic heterocycles. The Bertz CT molecular complexity index is 821. The van der Waals surface area contributed by atoms with Gasteiger partial charge in [-0.15, -0.1) is 0 Å². The number of anilines is 1. The second kappa shape index (κ2) is 11.6. The van der Waals surface area contributed by atoms with Gasteiger partial charge in [-0.25, -0.2) is 0 Å². The summed E-state index contributed by atoms with van der Waals surface area (Å²) in [4.78, 5) is 24.2. The molecule has 156 valence electrons. The number of amides is 1. The van der Waals surface area contributed by atoms with Crippen LogP contribution in [0.2, 0.25) is 0 Å². The maximum Gasteiger partial charge on any atom is 0.306 e. The van der Waals surface area contributed by atoms with Crippen molar-refractivity contribution >= 4 is 17.6 Å². The predicted molar refractivity (Wildman–Crippen MR) is 110 cm³/mol. The molecule has 0 saturated carbocycles. The van der Waals surface area contributed by atoms with Crippen LogP contribution in [-0.2, 0) is 20.7 Å². The van der Waals surface area contributed by atoms with Gasteiger partial charge >= 0.3 is 5.97 Å². The van der Waals surface area contributed by atoms with Crippen molar-refractivity contribution in [2.45, 2.75) is 26.7 Å². The first-order chi connectivity index (χ1) is 14.1. The van der Waals surface area contributed by atoms with Crippen LogP contribution in [-0.4, -0.2) is 38.8 Å². The summed E-state index contributed by atoms with van der Waals surface area (Å²) < 4.78 is 21.3. The maximum atomic E-state index is 12.2. The van der Waals surface area contributed by atoms with E-state index < -0.39 is 11.9 Å². The number of carbonyl (C=O) groups excluding carboxylic acids is 2. The summed E-state index contributed by atoms with van der Waals surface area (Å²) >= 11 is 0. The van der Waals surface area contributed by atoms with Gasteiger partial charge in [0.2, 0.25) is 0 Å². The number of ether oxygens (including phenoxy) is 4. The van der Waals surface area contributed by atoms with Crippen LogP contribution in [0.4, 0.5) is 5.69 Å². The molecule has 0 saturated heterocycles. The molecule has 0 heterocycles. The smallest absolute Gasteiger partial charge is 0.306 e. The van der Waals surface area contributed by atoms with Crippen LogP contribution in [0.25, 0.3) is 0 Å². The number of hydrogen-bond donors (Lipinski definition) is 1. The molecule has 0 unspecified atom stereocenters. The Kier molecular flexibility index (Phi) is 8.82. The fourth-order valence-electron chi connectivity index (χ4n) is 2.70. The average Bonchev–Trinajstić information content (AvgIpc) is 2.73. The molecule has 29 heavy (non-hydrogen) atoms. The van der Waals surface area contributed by atoms with Crippen LogP contribution in [0.5, 0.6) is 17.2 Å². The zero-order chi connectivity index (χ0) is 21.1. The standard InChI is InChI=1S/C22H27NO6/c1-4-27-17-11-12-20(28-5-2)18(14-17)23-21(24)15-29-22(25)13-10-16-8-6-7-9-19(16)26-3/h6-9,11-12,14H,4-5,10,13,15H2,1-3H3,(H,23,24). The first-order valence-corrected chi connectivity index (χ1v) is 9.54. The zero-order valence-corrected chi connectivity index (χ0v) is 17.0. The summed E-state index contributed by atoms with van der Waals surface area (Å²) in [5.74, 6) is 0.937. The molecule has 0 aliphatic carbocycles. The topological polar surface area (TPSA) is 83.1 Å². The molecular formula is C22H27NO6. The number of benzene rings is 2. The van der Waals surface area contributed by atoms with Crippen molar-refractivity contribution in [3.8, 4) is 17.2 Å². The molecule has 0 aromatic heterocycles. The van der Waals surface area contributed by atoms with Gasteiger partial charge in [-0.2, -0.15) is 0 Å². The van der Waals surface area contributed by atoms with E-state index in [0.717, 1.165) is 11.3 Å². The second-order valence-corrected chi connectivity index (χ2v) is 6.04. The Morgan fingerprint density at radius 1 is 0.966 bits per heavy atom. The second-order valence-electron chi connectivity index (χ2n) is 6.04. The molecule has 2 aromatic rings. The molecule has 7 nitrogen and oxygen atoms in total. The quantitative estimate of drug-likeness (QED) is 0.579. The van der Waals surface area contributed by atoms with Crippen molar-refractivity contribution in [1.82, 2.24) is 0 Å². The molecular weight excluding hydrogens is 374 g/mol. The Morgan fingerprint density at radius 3 is 2.45 bits per heavy atom. The van der Waals surface area contributed by atoms with Gasteiger partial charge in [0.1, 0.15) is 17.2 Å². The van der Waals surface area contributed by atoms with Gasteiger partial charge in [-0.1, -0.05) is 18.2 Å². The Hall–Kier alpha value is -3.22. The summed E-state index contributed by atoms with van der Waals surface area (Å²) in [6, 6.07) is 12.6. The first kappa shape index (κ1) is 22.1. The van der Waals surface area contributed by atoms with Crippen LogP contribution >= 0.6 is 0 Å². The van der Waals surface area contributed by atoms with Crippen LogP contribution in [0, 0.1) is 0 Å². The van der Waals surface area contributed by atoms with E-state index in [1.165, 1.54) is 0 Å². The highest BCUT2D eigenvalue weighted by Crippen LogP contribution is 2.29. The van der Waals surface area contributed by atoms with Gasteiger partial charge in [0, 0.05) is 12.5 Å². The van der Waals surface area contributed by atoms with E-state index in [1.807, 2.05) is 38.1 Å². The molecule has 1 N–H and O–H groups in total. The zero-order valence-electron chi connectivity index (χ0n) is 17.0. The third-order valence-corrected chi connectivity index (χ3v) is 3.99. The lowest BCUT2D eigenvalue weighted by Gasteiger charge is -2.13. The van der Waals surface area contributed by atoms with E-state index in [9.17, 15) is 9.59 Å². The SMILES string of the molecule is CCOc1ccc(OCC)c(NC(=O)COC(=O)CCc2ccccc2OC)c1. The summed E-state index contributed by atoms with van der Waals surface area (Å²) in [7, 11) is 1.58. The molecule has 2 rings (SSSR count). The normalized spacial score (nSPS) is 10.2. The van der Waals surface area contributed by atoms with E-state index in [4.69, 9.17) is 18.9 Å². The minimum Gasteiger partial charge on any atom is -0.496 e. The predicted octanol–water partition coefficient (Wildman–Crippen LogP) is 3.61. The fourth-order valence-corrected chi connectivity index (χ4v) is 2.70. The largest absolute Gasteiger partial charge is 0.496 e. The molecule has 0 fully saturated rings. The van der Waals surface area contributed by atoms with E-state index >= 15 is 0 Å². The van der Waals surface area contributed by atoms with Gasteiger partial charge in [0.25, 0.3) is 5.91 Å². The lowest BCUT2D eigenvalue weighted by molar-refractivity contribution is -0.147.